The number of aliphatic hydroxyl groups is 1. The molecule has 1 aliphatic rings. The number of rotatable bonds is 5. The predicted octanol–water partition coefficient (Wildman–Crippen LogP) is 1.66. The zero-order valence-corrected chi connectivity index (χ0v) is 13.3. The molecule has 0 amide bonds. The topological polar surface area (TPSA) is 102 Å². The molecule has 8 heteroatoms. The van der Waals surface area contributed by atoms with Gasteiger partial charge in [0.1, 0.15) is 5.76 Å². The average molecular weight is 330 g/mol. The van der Waals surface area contributed by atoms with Gasteiger partial charge in [-0.25, -0.2) is 0 Å². The number of aryl methyl sites for hydroxylation is 1. The van der Waals surface area contributed by atoms with E-state index in [1.807, 2.05) is 13.0 Å². The summed E-state index contributed by atoms with van der Waals surface area (Å²) >= 11 is 0. The van der Waals surface area contributed by atoms with Crippen LogP contribution < -0.4 is 0 Å². The third-order valence-electron chi connectivity index (χ3n) is 4.19. The minimum Gasteiger partial charge on any atom is -0.461 e. The van der Waals surface area contributed by atoms with Crippen LogP contribution in [0, 0.1) is 12.8 Å². The Hall–Kier alpha value is -2.45. The second-order valence-corrected chi connectivity index (χ2v) is 6.15. The van der Waals surface area contributed by atoms with E-state index in [4.69, 9.17) is 13.5 Å². The number of likely N-dealkylation sites (tertiary alicyclic amines) is 1. The van der Waals surface area contributed by atoms with Gasteiger partial charge in [0, 0.05) is 31.5 Å². The summed E-state index contributed by atoms with van der Waals surface area (Å²) in [6, 6.07) is 5.46. The standard InChI is InChI=1S/C16H18N4O4/c1-10-5-12(23-18-10)6-11-7-20(8-13(11)21)9-15-17-16(19-24-15)14-3-2-4-22-14/h2-5,11,13,21H,6-9H2,1H3/t11-,13+/m1/s1. The fraction of sp³-hybridized carbons (Fsp3) is 0.438. The van der Waals surface area contributed by atoms with Crippen LogP contribution in [0.3, 0.4) is 0 Å². The Bertz CT molecular complexity index is 795. The molecule has 1 fully saturated rings. The molecule has 0 radical (unpaired) electrons. The zero-order chi connectivity index (χ0) is 16.5. The molecule has 0 saturated carbocycles. The summed E-state index contributed by atoms with van der Waals surface area (Å²) < 4.78 is 15.8. The molecule has 1 saturated heterocycles. The van der Waals surface area contributed by atoms with Crippen molar-refractivity contribution in [1.82, 2.24) is 20.2 Å². The van der Waals surface area contributed by atoms with Crippen LogP contribution in [0.15, 0.2) is 37.9 Å². The molecule has 0 aliphatic carbocycles. The second-order valence-electron chi connectivity index (χ2n) is 6.15. The van der Waals surface area contributed by atoms with Crippen molar-refractivity contribution >= 4 is 0 Å². The highest BCUT2D eigenvalue weighted by Gasteiger charge is 2.33. The molecule has 2 atom stereocenters. The number of aromatic nitrogens is 3. The summed E-state index contributed by atoms with van der Waals surface area (Å²) in [6.07, 6.45) is 1.82. The number of hydrogen-bond donors (Lipinski definition) is 1. The number of hydrogen-bond acceptors (Lipinski definition) is 8. The van der Waals surface area contributed by atoms with Crippen molar-refractivity contribution in [3.05, 3.63) is 41.8 Å². The molecule has 24 heavy (non-hydrogen) atoms. The van der Waals surface area contributed by atoms with Crippen LogP contribution in [0.2, 0.25) is 0 Å². The Labute approximate surface area is 138 Å². The third-order valence-corrected chi connectivity index (χ3v) is 4.19. The van der Waals surface area contributed by atoms with E-state index in [0.717, 1.165) is 18.0 Å². The van der Waals surface area contributed by atoms with Gasteiger partial charge in [-0.3, -0.25) is 4.90 Å². The molecule has 0 aromatic carbocycles. The van der Waals surface area contributed by atoms with Crippen LogP contribution in [0.25, 0.3) is 11.6 Å². The molecule has 3 aromatic rings. The van der Waals surface area contributed by atoms with Crippen molar-refractivity contribution in [2.45, 2.75) is 26.0 Å². The lowest BCUT2D eigenvalue weighted by molar-refractivity contribution is 0.136. The molecule has 8 nitrogen and oxygen atoms in total. The van der Waals surface area contributed by atoms with Gasteiger partial charge < -0.3 is 18.6 Å². The van der Waals surface area contributed by atoms with Crippen molar-refractivity contribution in [2.24, 2.45) is 5.92 Å². The molecular formula is C16H18N4O4. The van der Waals surface area contributed by atoms with Gasteiger partial charge in [0.25, 0.3) is 0 Å². The molecule has 1 N–H and O–H groups in total. The molecule has 0 bridgehead atoms. The summed E-state index contributed by atoms with van der Waals surface area (Å²) in [7, 11) is 0. The van der Waals surface area contributed by atoms with Crippen LogP contribution >= 0.6 is 0 Å². The van der Waals surface area contributed by atoms with Crippen LogP contribution in [-0.4, -0.2) is 44.5 Å². The summed E-state index contributed by atoms with van der Waals surface area (Å²) in [5.41, 5.74) is 0.852. The Morgan fingerprint density at radius 3 is 2.96 bits per heavy atom. The van der Waals surface area contributed by atoms with Crippen molar-refractivity contribution in [1.29, 1.82) is 0 Å². The van der Waals surface area contributed by atoms with E-state index >= 15 is 0 Å². The third kappa shape index (κ3) is 3.10. The van der Waals surface area contributed by atoms with E-state index in [0.29, 0.717) is 37.0 Å². The number of aliphatic hydroxyl groups excluding tert-OH is 1. The first-order valence-electron chi connectivity index (χ1n) is 7.86. The van der Waals surface area contributed by atoms with Gasteiger partial charge in [0.2, 0.25) is 11.7 Å². The first-order chi connectivity index (χ1) is 11.7. The van der Waals surface area contributed by atoms with Crippen molar-refractivity contribution in [3.63, 3.8) is 0 Å². The maximum Gasteiger partial charge on any atom is 0.241 e. The highest BCUT2D eigenvalue weighted by Crippen LogP contribution is 2.24. The Kier molecular flexibility index (Phi) is 3.91. The summed E-state index contributed by atoms with van der Waals surface area (Å²) in [5.74, 6) is 2.42. The van der Waals surface area contributed by atoms with E-state index in [9.17, 15) is 5.11 Å². The smallest absolute Gasteiger partial charge is 0.241 e. The Morgan fingerprint density at radius 2 is 2.21 bits per heavy atom. The highest BCUT2D eigenvalue weighted by molar-refractivity contribution is 5.44. The zero-order valence-electron chi connectivity index (χ0n) is 13.3. The molecular weight excluding hydrogens is 312 g/mol. The van der Waals surface area contributed by atoms with E-state index in [2.05, 4.69) is 20.2 Å². The molecule has 4 rings (SSSR count). The quantitative estimate of drug-likeness (QED) is 0.753. The van der Waals surface area contributed by atoms with Gasteiger partial charge in [-0.1, -0.05) is 10.3 Å². The maximum atomic E-state index is 10.3. The fourth-order valence-electron chi connectivity index (χ4n) is 3.06. The summed E-state index contributed by atoms with van der Waals surface area (Å²) in [6.45, 7) is 3.68. The van der Waals surface area contributed by atoms with Crippen molar-refractivity contribution < 1.29 is 18.6 Å². The number of β-amino-alcohol motifs (C(OH)–C–C–N with tert-alkyl or cyclic N) is 1. The van der Waals surface area contributed by atoms with Crippen molar-refractivity contribution in [3.8, 4) is 11.6 Å². The van der Waals surface area contributed by atoms with E-state index < -0.39 is 6.10 Å². The maximum absolute atomic E-state index is 10.3. The average Bonchev–Trinajstić information content (AvgIpc) is 3.29. The normalized spacial score (nSPS) is 21.6. The van der Waals surface area contributed by atoms with Gasteiger partial charge in [0.05, 0.1) is 24.6 Å². The summed E-state index contributed by atoms with van der Waals surface area (Å²) in [5, 5.41) is 18.1. The van der Waals surface area contributed by atoms with Gasteiger partial charge >= 0.3 is 0 Å². The van der Waals surface area contributed by atoms with E-state index in [1.54, 1.807) is 18.4 Å². The lowest BCUT2D eigenvalue weighted by Crippen LogP contribution is -2.21. The largest absolute Gasteiger partial charge is 0.461 e. The SMILES string of the molecule is Cc1cc(C[C@@H]2CN(Cc3nc(-c4ccco4)no3)C[C@@H]2O)on1. The van der Waals surface area contributed by atoms with E-state index in [1.165, 1.54) is 0 Å². The van der Waals surface area contributed by atoms with Gasteiger partial charge in [-0.15, -0.1) is 0 Å². The molecule has 3 aromatic heterocycles. The molecule has 1 aliphatic heterocycles. The first kappa shape index (κ1) is 15.1. The molecule has 0 spiro atoms. The van der Waals surface area contributed by atoms with Crippen LogP contribution in [0.4, 0.5) is 0 Å². The molecule has 0 unspecified atom stereocenters. The van der Waals surface area contributed by atoms with Crippen LogP contribution in [0.5, 0.6) is 0 Å². The Balaban J connectivity index is 1.37. The Morgan fingerprint density at radius 1 is 1.29 bits per heavy atom. The summed E-state index contributed by atoms with van der Waals surface area (Å²) in [4.78, 5) is 6.43. The minimum absolute atomic E-state index is 0.102. The lowest BCUT2D eigenvalue weighted by Gasteiger charge is -2.12. The lowest BCUT2D eigenvalue weighted by atomic mass is 10.0. The second kappa shape index (κ2) is 6.21. The number of furan rings is 1. The minimum atomic E-state index is -0.414. The van der Waals surface area contributed by atoms with E-state index in [-0.39, 0.29) is 5.92 Å². The van der Waals surface area contributed by atoms with Gasteiger partial charge in [0.15, 0.2) is 5.76 Å². The van der Waals surface area contributed by atoms with Crippen molar-refractivity contribution in [2.75, 3.05) is 13.1 Å². The van der Waals surface area contributed by atoms with Gasteiger partial charge in [-0.2, -0.15) is 4.98 Å². The predicted molar refractivity (Wildman–Crippen MR) is 81.7 cm³/mol. The molecule has 126 valence electrons. The monoisotopic (exact) mass is 330 g/mol. The van der Waals surface area contributed by atoms with Crippen LogP contribution in [0.1, 0.15) is 17.3 Å². The fourth-order valence-corrected chi connectivity index (χ4v) is 3.06. The van der Waals surface area contributed by atoms with Gasteiger partial charge in [-0.05, 0) is 19.1 Å². The molecule has 4 heterocycles. The first-order valence-corrected chi connectivity index (χ1v) is 7.86. The number of nitrogens with zero attached hydrogens (tertiary/aromatic N) is 4. The van der Waals surface area contributed by atoms with Crippen LogP contribution in [-0.2, 0) is 13.0 Å². The highest BCUT2D eigenvalue weighted by atomic mass is 16.5.